The third-order valence-electron chi connectivity index (χ3n) is 4.09. The minimum atomic E-state index is -3.76. The molecule has 0 spiro atoms. The van der Waals surface area contributed by atoms with Crippen LogP contribution in [0.3, 0.4) is 0 Å². The number of carbonyl (C=O) groups is 2. The highest BCUT2D eigenvalue weighted by atomic mass is 32.2. The molecule has 1 fully saturated rings. The van der Waals surface area contributed by atoms with Crippen molar-refractivity contribution in [2.45, 2.75) is 9.79 Å². The molecule has 1 aromatic heterocycles. The Morgan fingerprint density at radius 3 is 2.72 bits per heavy atom. The monoisotopic (exact) mass is 472 g/mol. The van der Waals surface area contributed by atoms with E-state index in [1.165, 1.54) is 15.8 Å². The summed E-state index contributed by atoms with van der Waals surface area (Å²) in [6, 6.07) is 8.69. The average molecular weight is 473 g/mol. The standard InChI is InChI=1S/C18H20N2O5S4/c1-26-14-4-2-3-13(11-14)19-16(21)12-25-18(22)17-15(5-8-28-17)29(23,24)20-6-9-27-10-7-20/h2-5,8,11H,6-7,9-10,12H2,1H3,(H,19,21). The number of amides is 1. The van der Waals surface area contributed by atoms with Crippen LogP contribution in [0.15, 0.2) is 45.5 Å². The topological polar surface area (TPSA) is 92.8 Å². The van der Waals surface area contributed by atoms with Gasteiger partial charge in [-0.05, 0) is 35.9 Å². The van der Waals surface area contributed by atoms with Gasteiger partial charge in [0, 0.05) is 35.2 Å². The number of sulfonamides is 1. The number of hydrogen-bond acceptors (Lipinski definition) is 8. The highest BCUT2D eigenvalue weighted by molar-refractivity contribution is 7.99. The number of nitrogens with one attached hydrogen (secondary N) is 1. The van der Waals surface area contributed by atoms with Crippen molar-refractivity contribution < 1.29 is 22.7 Å². The fourth-order valence-corrected chi connectivity index (χ4v) is 6.99. The number of benzene rings is 1. The Hall–Kier alpha value is -1.53. The number of thioether (sulfide) groups is 2. The van der Waals surface area contributed by atoms with Gasteiger partial charge in [-0.25, -0.2) is 13.2 Å². The van der Waals surface area contributed by atoms with Gasteiger partial charge in [-0.2, -0.15) is 16.1 Å². The molecule has 11 heteroatoms. The van der Waals surface area contributed by atoms with E-state index in [2.05, 4.69) is 5.32 Å². The highest BCUT2D eigenvalue weighted by Crippen LogP contribution is 2.27. The average Bonchev–Trinajstić information content (AvgIpc) is 3.24. The first-order chi connectivity index (χ1) is 13.9. The second kappa shape index (κ2) is 9.98. The van der Waals surface area contributed by atoms with Crippen molar-refractivity contribution in [1.29, 1.82) is 0 Å². The van der Waals surface area contributed by atoms with Crippen LogP contribution in [-0.2, 0) is 19.6 Å². The molecule has 1 aromatic carbocycles. The van der Waals surface area contributed by atoms with E-state index in [1.54, 1.807) is 29.6 Å². The molecule has 1 N–H and O–H groups in total. The van der Waals surface area contributed by atoms with E-state index in [-0.39, 0.29) is 9.77 Å². The summed E-state index contributed by atoms with van der Waals surface area (Å²) in [5.41, 5.74) is 0.597. The lowest BCUT2D eigenvalue weighted by atomic mass is 10.3. The molecule has 1 aliphatic rings. The van der Waals surface area contributed by atoms with Gasteiger partial charge in [0.25, 0.3) is 5.91 Å². The Labute approximate surface area is 182 Å². The summed E-state index contributed by atoms with van der Waals surface area (Å²) in [6.07, 6.45) is 1.93. The minimum Gasteiger partial charge on any atom is -0.451 e. The molecule has 0 radical (unpaired) electrons. The van der Waals surface area contributed by atoms with E-state index in [9.17, 15) is 18.0 Å². The molecule has 156 valence electrons. The van der Waals surface area contributed by atoms with Crippen LogP contribution in [0.4, 0.5) is 5.69 Å². The first kappa shape index (κ1) is 22.2. The molecule has 0 bridgehead atoms. The lowest BCUT2D eigenvalue weighted by Crippen LogP contribution is -2.38. The Bertz CT molecular complexity index is 984. The second-order valence-corrected chi connectivity index (χ2v) is 10.9. The van der Waals surface area contributed by atoms with E-state index in [0.717, 1.165) is 27.7 Å². The molecule has 0 aliphatic carbocycles. The summed E-state index contributed by atoms with van der Waals surface area (Å²) in [6.45, 7) is 0.323. The molecule has 2 aromatic rings. The maximum atomic E-state index is 12.8. The molecule has 1 amide bonds. The van der Waals surface area contributed by atoms with Crippen LogP contribution < -0.4 is 5.32 Å². The molecule has 2 heterocycles. The molecule has 29 heavy (non-hydrogen) atoms. The summed E-state index contributed by atoms with van der Waals surface area (Å²) in [4.78, 5) is 25.4. The smallest absolute Gasteiger partial charge is 0.350 e. The van der Waals surface area contributed by atoms with Crippen molar-refractivity contribution in [3.63, 3.8) is 0 Å². The van der Waals surface area contributed by atoms with Crippen molar-refractivity contribution in [2.24, 2.45) is 0 Å². The third kappa shape index (κ3) is 5.54. The highest BCUT2D eigenvalue weighted by Gasteiger charge is 2.31. The van der Waals surface area contributed by atoms with Crippen LogP contribution in [0.25, 0.3) is 0 Å². The van der Waals surface area contributed by atoms with Crippen molar-refractivity contribution in [3.05, 3.63) is 40.6 Å². The number of thiophene rings is 1. The van der Waals surface area contributed by atoms with Crippen molar-refractivity contribution in [2.75, 3.05) is 42.8 Å². The largest absolute Gasteiger partial charge is 0.451 e. The molecule has 7 nitrogen and oxygen atoms in total. The van der Waals surface area contributed by atoms with Crippen LogP contribution in [-0.4, -0.2) is 62.1 Å². The van der Waals surface area contributed by atoms with Gasteiger partial charge in [-0.15, -0.1) is 23.1 Å². The zero-order valence-corrected chi connectivity index (χ0v) is 18.9. The molecular weight excluding hydrogens is 452 g/mol. The van der Waals surface area contributed by atoms with Gasteiger partial charge in [0.2, 0.25) is 10.0 Å². The van der Waals surface area contributed by atoms with Gasteiger partial charge < -0.3 is 10.1 Å². The predicted octanol–water partition coefficient (Wildman–Crippen LogP) is 3.00. The molecular formula is C18H20N2O5S4. The lowest BCUT2D eigenvalue weighted by molar-refractivity contribution is -0.119. The normalized spacial score (nSPS) is 15.1. The zero-order chi connectivity index (χ0) is 20.9. The number of nitrogens with zero attached hydrogens (tertiary/aromatic N) is 1. The molecule has 1 aliphatic heterocycles. The van der Waals surface area contributed by atoms with Gasteiger partial charge in [0.15, 0.2) is 6.61 Å². The Morgan fingerprint density at radius 2 is 2.00 bits per heavy atom. The first-order valence-corrected chi connectivity index (χ1v) is 13.4. The fourth-order valence-electron chi connectivity index (χ4n) is 2.67. The Balaban J connectivity index is 1.63. The van der Waals surface area contributed by atoms with Gasteiger partial charge in [-0.3, -0.25) is 4.79 Å². The number of rotatable bonds is 7. The fraction of sp³-hybridized carbons (Fsp3) is 0.333. The quantitative estimate of drug-likeness (QED) is 0.489. The molecule has 3 rings (SSSR count). The second-order valence-electron chi connectivity index (χ2n) is 5.99. The molecule has 0 saturated carbocycles. The Kier molecular flexibility index (Phi) is 7.63. The summed E-state index contributed by atoms with van der Waals surface area (Å²) >= 11 is 4.23. The lowest BCUT2D eigenvalue weighted by Gasteiger charge is -2.25. The van der Waals surface area contributed by atoms with E-state index >= 15 is 0 Å². The maximum absolute atomic E-state index is 12.8. The van der Waals surface area contributed by atoms with Gasteiger partial charge in [-0.1, -0.05) is 6.07 Å². The van der Waals surface area contributed by atoms with Crippen LogP contribution in [0, 0.1) is 0 Å². The van der Waals surface area contributed by atoms with E-state index in [1.807, 2.05) is 24.5 Å². The summed E-state index contributed by atoms with van der Waals surface area (Å²) in [5, 5.41) is 4.20. The van der Waals surface area contributed by atoms with Crippen molar-refractivity contribution >= 4 is 62.4 Å². The Morgan fingerprint density at radius 1 is 1.24 bits per heavy atom. The first-order valence-electron chi connectivity index (χ1n) is 8.68. The van der Waals surface area contributed by atoms with Crippen LogP contribution in [0.2, 0.25) is 0 Å². The van der Waals surface area contributed by atoms with E-state index in [0.29, 0.717) is 18.8 Å². The summed E-state index contributed by atoms with van der Waals surface area (Å²) in [5.74, 6) is 0.130. The number of carbonyl (C=O) groups excluding carboxylic acids is 2. The van der Waals surface area contributed by atoms with E-state index in [4.69, 9.17) is 4.74 Å². The zero-order valence-electron chi connectivity index (χ0n) is 15.6. The van der Waals surface area contributed by atoms with Gasteiger partial charge in [0.05, 0.1) is 0 Å². The van der Waals surface area contributed by atoms with Crippen LogP contribution >= 0.6 is 34.9 Å². The summed E-state index contributed by atoms with van der Waals surface area (Å²) < 4.78 is 32.1. The predicted molar refractivity (Wildman–Crippen MR) is 118 cm³/mol. The number of esters is 1. The molecule has 0 atom stereocenters. The number of ether oxygens (including phenoxy) is 1. The SMILES string of the molecule is CSc1cccc(NC(=O)COC(=O)c2sccc2S(=O)(=O)N2CCSCC2)c1. The van der Waals surface area contributed by atoms with E-state index < -0.39 is 28.5 Å². The van der Waals surface area contributed by atoms with Crippen molar-refractivity contribution in [3.8, 4) is 0 Å². The third-order valence-corrected chi connectivity index (χ3v) is 8.72. The van der Waals surface area contributed by atoms with Crippen LogP contribution in [0.5, 0.6) is 0 Å². The number of anilines is 1. The maximum Gasteiger partial charge on any atom is 0.350 e. The van der Waals surface area contributed by atoms with Gasteiger partial charge in [0.1, 0.15) is 9.77 Å². The summed E-state index contributed by atoms with van der Waals surface area (Å²) in [7, 11) is -3.76. The minimum absolute atomic E-state index is 0.0135. The molecule has 1 saturated heterocycles. The number of hydrogen-bond donors (Lipinski definition) is 1. The van der Waals surface area contributed by atoms with Crippen LogP contribution in [0.1, 0.15) is 9.67 Å². The van der Waals surface area contributed by atoms with Crippen molar-refractivity contribution in [1.82, 2.24) is 4.31 Å². The van der Waals surface area contributed by atoms with Gasteiger partial charge >= 0.3 is 5.97 Å². The molecule has 0 unspecified atom stereocenters.